The number of hydrogen-bond acceptors (Lipinski definition) is 6. The number of rotatable bonds is 5. The summed E-state index contributed by atoms with van der Waals surface area (Å²) >= 11 is 0. The largest absolute Gasteiger partial charge is 0.444 e. The third-order valence-corrected chi connectivity index (χ3v) is 4.32. The van der Waals surface area contributed by atoms with Crippen LogP contribution in [-0.4, -0.2) is 78.7 Å². The molecule has 8 nitrogen and oxygen atoms in total. The average molecular weight is 367 g/mol. The first-order chi connectivity index (χ1) is 12.2. The minimum Gasteiger partial charge on any atom is -0.444 e. The van der Waals surface area contributed by atoms with Gasteiger partial charge < -0.3 is 25.2 Å². The third-order valence-electron chi connectivity index (χ3n) is 4.32. The van der Waals surface area contributed by atoms with Gasteiger partial charge in [-0.1, -0.05) is 13.8 Å². The van der Waals surface area contributed by atoms with Gasteiger partial charge >= 0.3 is 6.09 Å². The first-order valence-electron chi connectivity index (χ1n) is 9.48. The highest BCUT2D eigenvalue weighted by Crippen LogP contribution is 2.18. The first-order valence-corrected chi connectivity index (χ1v) is 9.48. The van der Waals surface area contributed by atoms with Crippen LogP contribution in [0.25, 0.3) is 0 Å². The van der Waals surface area contributed by atoms with Gasteiger partial charge in [-0.25, -0.2) is 4.79 Å². The van der Waals surface area contributed by atoms with E-state index in [-0.39, 0.29) is 24.0 Å². The van der Waals surface area contributed by atoms with E-state index in [0.717, 1.165) is 25.5 Å². The van der Waals surface area contributed by atoms with E-state index in [1.807, 2.05) is 34.6 Å². The molecule has 1 atom stereocenters. The Morgan fingerprint density at radius 2 is 2.00 bits per heavy atom. The molecule has 2 N–H and O–H groups in total. The molecule has 0 spiro atoms. The quantitative estimate of drug-likeness (QED) is 0.709. The summed E-state index contributed by atoms with van der Waals surface area (Å²) in [5.74, 6) is 1.000. The predicted octanol–water partition coefficient (Wildman–Crippen LogP) is 1.03. The van der Waals surface area contributed by atoms with Gasteiger partial charge in [0.2, 0.25) is 5.91 Å². The number of piperazine rings is 1. The molecule has 2 amide bonds. The van der Waals surface area contributed by atoms with Crippen LogP contribution in [0.4, 0.5) is 4.79 Å². The van der Waals surface area contributed by atoms with Crippen LogP contribution in [-0.2, 0) is 9.53 Å². The summed E-state index contributed by atoms with van der Waals surface area (Å²) in [6.07, 6.45) is 0.597. The van der Waals surface area contributed by atoms with E-state index in [1.54, 1.807) is 4.90 Å². The molecule has 2 aliphatic rings. The molecule has 2 heterocycles. The number of carbonyl (C=O) groups is 2. The molecule has 2 rings (SSSR count). The first kappa shape index (κ1) is 20.3. The maximum atomic E-state index is 12.2. The van der Waals surface area contributed by atoms with Crippen molar-refractivity contribution < 1.29 is 14.3 Å². The fourth-order valence-corrected chi connectivity index (χ4v) is 2.93. The molecule has 1 saturated heterocycles. The Labute approximate surface area is 156 Å². The zero-order valence-electron chi connectivity index (χ0n) is 16.7. The number of fused-ring (bicyclic) bond motifs is 1. The summed E-state index contributed by atoms with van der Waals surface area (Å²) in [4.78, 5) is 32.3. The molecule has 2 aliphatic heterocycles. The summed E-state index contributed by atoms with van der Waals surface area (Å²) in [6, 6.07) is 0.208. The Morgan fingerprint density at radius 3 is 2.65 bits per heavy atom. The molecule has 0 bridgehead atoms. The van der Waals surface area contributed by atoms with Gasteiger partial charge in [-0.05, 0) is 27.2 Å². The smallest absolute Gasteiger partial charge is 0.410 e. The highest BCUT2D eigenvalue weighted by Gasteiger charge is 2.36. The second-order valence-electron chi connectivity index (χ2n) is 8.16. The second-order valence-corrected chi connectivity index (χ2v) is 8.16. The van der Waals surface area contributed by atoms with Crippen molar-refractivity contribution in [3.8, 4) is 0 Å². The van der Waals surface area contributed by atoms with Crippen LogP contribution < -0.4 is 10.6 Å². The average Bonchev–Trinajstić information content (AvgIpc) is 2.95. The van der Waals surface area contributed by atoms with Gasteiger partial charge in [-0.15, -0.1) is 0 Å². The summed E-state index contributed by atoms with van der Waals surface area (Å²) in [5, 5.41) is 6.27. The van der Waals surface area contributed by atoms with Crippen molar-refractivity contribution in [3.05, 3.63) is 0 Å². The molecular formula is C18H33N5O3. The van der Waals surface area contributed by atoms with Gasteiger partial charge in [0.25, 0.3) is 0 Å². The second kappa shape index (κ2) is 8.60. The lowest BCUT2D eigenvalue weighted by Crippen LogP contribution is -2.57. The molecule has 0 aliphatic carbocycles. The molecule has 148 valence electrons. The molecule has 8 heteroatoms. The SMILES string of the molecule is CC(C)C(=O)NCCCNC1=NCC2CN(C(=O)OC(C)(C)C)CCN12. The monoisotopic (exact) mass is 367 g/mol. The van der Waals surface area contributed by atoms with Crippen molar-refractivity contribution in [2.24, 2.45) is 10.9 Å². The van der Waals surface area contributed by atoms with E-state index in [1.165, 1.54) is 0 Å². The van der Waals surface area contributed by atoms with E-state index in [2.05, 4.69) is 20.5 Å². The van der Waals surface area contributed by atoms with E-state index in [0.29, 0.717) is 26.2 Å². The Balaban J connectivity index is 1.70. The topological polar surface area (TPSA) is 86.3 Å². The van der Waals surface area contributed by atoms with Crippen molar-refractivity contribution in [2.75, 3.05) is 39.3 Å². The van der Waals surface area contributed by atoms with Crippen molar-refractivity contribution in [2.45, 2.75) is 52.7 Å². The Morgan fingerprint density at radius 1 is 1.27 bits per heavy atom. The number of ether oxygens (including phenoxy) is 1. The highest BCUT2D eigenvalue weighted by atomic mass is 16.6. The number of amides is 2. The zero-order valence-corrected chi connectivity index (χ0v) is 16.7. The van der Waals surface area contributed by atoms with Crippen LogP contribution in [0, 0.1) is 5.92 Å². The molecule has 0 radical (unpaired) electrons. The number of guanidine groups is 1. The molecule has 0 aromatic carbocycles. The molecular weight excluding hydrogens is 334 g/mol. The van der Waals surface area contributed by atoms with Crippen LogP contribution in [0.5, 0.6) is 0 Å². The molecule has 0 saturated carbocycles. The number of hydrogen-bond donors (Lipinski definition) is 2. The summed E-state index contributed by atoms with van der Waals surface area (Å²) < 4.78 is 5.46. The predicted molar refractivity (Wildman–Crippen MR) is 101 cm³/mol. The number of aliphatic imine (C=N–C) groups is 1. The number of nitrogens with zero attached hydrogens (tertiary/aromatic N) is 3. The fourth-order valence-electron chi connectivity index (χ4n) is 2.93. The lowest BCUT2D eigenvalue weighted by Gasteiger charge is -2.39. The van der Waals surface area contributed by atoms with E-state index in [9.17, 15) is 9.59 Å². The number of carbonyl (C=O) groups excluding carboxylic acids is 2. The van der Waals surface area contributed by atoms with Crippen molar-refractivity contribution >= 4 is 18.0 Å². The Bertz CT molecular complexity index is 541. The summed E-state index contributed by atoms with van der Waals surface area (Å²) in [7, 11) is 0. The maximum Gasteiger partial charge on any atom is 0.410 e. The van der Waals surface area contributed by atoms with Gasteiger partial charge in [0.15, 0.2) is 5.96 Å². The van der Waals surface area contributed by atoms with Crippen LogP contribution in [0.2, 0.25) is 0 Å². The highest BCUT2D eigenvalue weighted by molar-refractivity contribution is 5.82. The number of nitrogens with one attached hydrogen (secondary N) is 2. The van der Waals surface area contributed by atoms with E-state index < -0.39 is 5.60 Å². The minimum absolute atomic E-state index is 0.0178. The van der Waals surface area contributed by atoms with E-state index in [4.69, 9.17) is 4.74 Å². The lowest BCUT2D eigenvalue weighted by atomic mass is 10.2. The fraction of sp³-hybridized carbons (Fsp3) is 0.833. The molecule has 0 aromatic rings. The van der Waals surface area contributed by atoms with Crippen LogP contribution in [0.3, 0.4) is 0 Å². The molecule has 26 heavy (non-hydrogen) atoms. The summed E-state index contributed by atoms with van der Waals surface area (Å²) in [5.41, 5.74) is -0.474. The van der Waals surface area contributed by atoms with Gasteiger partial charge in [0.1, 0.15) is 5.60 Å². The lowest BCUT2D eigenvalue weighted by molar-refractivity contribution is -0.123. The molecule has 1 unspecified atom stereocenters. The molecule has 0 aromatic heterocycles. The Kier molecular flexibility index (Phi) is 6.72. The Hall–Kier alpha value is -1.99. The van der Waals surface area contributed by atoms with Crippen molar-refractivity contribution in [3.63, 3.8) is 0 Å². The standard InChI is InChI=1S/C18H33N5O3/c1-13(2)15(24)19-7-6-8-20-16-21-11-14-12-22(9-10-23(14)16)17(25)26-18(3,4)5/h13-14H,6-12H2,1-5H3,(H,19,24)(H,20,21). The summed E-state index contributed by atoms with van der Waals surface area (Å²) in [6.45, 7) is 13.5. The van der Waals surface area contributed by atoms with Crippen LogP contribution in [0.1, 0.15) is 41.0 Å². The van der Waals surface area contributed by atoms with E-state index >= 15 is 0 Å². The zero-order chi connectivity index (χ0) is 19.3. The van der Waals surface area contributed by atoms with Gasteiger partial charge in [0.05, 0.1) is 12.6 Å². The van der Waals surface area contributed by atoms with Gasteiger partial charge in [-0.2, -0.15) is 0 Å². The van der Waals surface area contributed by atoms with Crippen molar-refractivity contribution in [1.29, 1.82) is 0 Å². The minimum atomic E-state index is -0.474. The van der Waals surface area contributed by atoms with Gasteiger partial charge in [0, 0.05) is 38.6 Å². The third kappa shape index (κ3) is 5.78. The van der Waals surface area contributed by atoms with Crippen LogP contribution >= 0.6 is 0 Å². The molecule has 1 fully saturated rings. The normalized spacial score (nSPS) is 19.9. The van der Waals surface area contributed by atoms with Crippen molar-refractivity contribution in [1.82, 2.24) is 20.4 Å². The van der Waals surface area contributed by atoms with Crippen LogP contribution in [0.15, 0.2) is 4.99 Å². The van der Waals surface area contributed by atoms with Gasteiger partial charge in [-0.3, -0.25) is 9.79 Å². The maximum absolute atomic E-state index is 12.2.